The molecule has 6 nitrogen and oxygen atoms in total. The number of ketones is 2. The van der Waals surface area contributed by atoms with Crippen LogP contribution in [-0.4, -0.2) is 34.2 Å². The van der Waals surface area contributed by atoms with Gasteiger partial charge in [0.25, 0.3) is 5.91 Å². The highest BCUT2D eigenvalue weighted by molar-refractivity contribution is 6.30. The summed E-state index contributed by atoms with van der Waals surface area (Å²) in [5, 5.41) is 22.4. The zero-order valence-electron chi connectivity index (χ0n) is 12.3. The smallest absolute Gasteiger partial charge is 0.252 e. The standard InChI is InChI=1S/C18H11NO5/c1-2-6-19-18(24)9-7-11-15(13(21)8-9)17(23)14-10(16(11)22)4-3-5-12(14)20/h1,3-5,7-8,20-21H,6H2,(H,19,24). The van der Waals surface area contributed by atoms with Gasteiger partial charge in [-0.1, -0.05) is 18.1 Å². The highest BCUT2D eigenvalue weighted by atomic mass is 16.3. The largest absolute Gasteiger partial charge is 0.507 e. The maximum Gasteiger partial charge on any atom is 0.252 e. The Kier molecular flexibility index (Phi) is 3.54. The van der Waals surface area contributed by atoms with Crippen LogP contribution in [-0.2, 0) is 0 Å². The molecule has 3 rings (SSSR count). The molecule has 0 bridgehead atoms. The molecule has 0 saturated heterocycles. The molecule has 1 amide bonds. The number of phenols is 2. The van der Waals surface area contributed by atoms with E-state index in [-0.39, 0.29) is 40.1 Å². The van der Waals surface area contributed by atoms with E-state index in [9.17, 15) is 24.6 Å². The lowest BCUT2D eigenvalue weighted by molar-refractivity contribution is 0.0953. The average molecular weight is 321 g/mol. The molecule has 0 spiro atoms. The number of nitrogens with one attached hydrogen (secondary N) is 1. The van der Waals surface area contributed by atoms with E-state index in [4.69, 9.17) is 6.42 Å². The van der Waals surface area contributed by atoms with Crippen molar-refractivity contribution in [1.29, 1.82) is 0 Å². The maximum absolute atomic E-state index is 12.6. The SMILES string of the molecule is C#CCNC(=O)c1cc(O)c2c(c1)C(=O)c1cccc(O)c1C2=O. The van der Waals surface area contributed by atoms with Gasteiger partial charge in [-0.05, 0) is 18.2 Å². The summed E-state index contributed by atoms with van der Waals surface area (Å²) in [7, 11) is 0. The van der Waals surface area contributed by atoms with E-state index in [1.54, 1.807) is 0 Å². The highest BCUT2D eigenvalue weighted by Crippen LogP contribution is 2.37. The molecule has 1 aliphatic carbocycles. The van der Waals surface area contributed by atoms with Crippen LogP contribution in [0.25, 0.3) is 0 Å². The van der Waals surface area contributed by atoms with Gasteiger partial charge in [-0.2, -0.15) is 0 Å². The predicted molar refractivity (Wildman–Crippen MR) is 84.2 cm³/mol. The van der Waals surface area contributed by atoms with Crippen LogP contribution in [0.1, 0.15) is 42.2 Å². The fourth-order valence-electron chi connectivity index (χ4n) is 2.65. The summed E-state index contributed by atoms with van der Waals surface area (Å²) >= 11 is 0. The van der Waals surface area contributed by atoms with E-state index in [1.807, 2.05) is 0 Å². The fraction of sp³-hybridized carbons (Fsp3) is 0.0556. The molecule has 0 saturated carbocycles. The molecule has 0 atom stereocenters. The van der Waals surface area contributed by atoms with Gasteiger partial charge >= 0.3 is 0 Å². The van der Waals surface area contributed by atoms with Crippen molar-refractivity contribution >= 4 is 17.5 Å². The number of carbonyl (C=O) groups excluding carboxylic acids is 3. The highest BCUT2D eigenvalue weighted by Gasteiger charge is 2.34. The Bertz CT molecular complexity index is 953. The van der Waals surface area contributed by atoms with Gasteiger partial charge in [-0.15, -0.1) is 6.42 Å². The number of fused-ring (bicyclic) bond motifs is 2. The van der Waals surface area contributed by atoms with Crippen LogP contribution in [0.3, 0.4) is 0 Å². The summed E-state index contributed by atoms with van der Waals surface area (Å²) in [6, 6.07) is 6.44. The van der Waals surface area contributed by atoms with Gasteiger partial charge in [0.2, 0.25) is 5.78 Å². The van der Waals surface area contributed by atoms with Crippen molar-refractivity contribution in [3.63, 3.8) is 0 Å². The average Bonchev–Trinajstić information content (AvgIpc) is 2.56. The Morgan fingerprint density at radius 2 is 1.75 bits per heavy atom. The molecule has 0 heterocycles. The molecule has 6 heteroatoms. The van der Waals surface area contributed by atoms with Crippen LogP contribution in [0.5, 0.6) is 11.5 Å². The van der Waals surface area contributed by atoms with Crippen LogP contribution < -0.4 is 5.32 Å². The molecule has 0 unspecified atom stereocenters. The predicted octanol–water partition coefficient (Wildman–Crippen LogP) is 1.24. The van der Waals surface area contributed by atoms with Gasteiger partial charge in [0.05, 0.1) is 17.7 Å². The molecule has 24 heavy (non-hydrogen) atoms. The Balaban J connectivity index is 2.17. The number of benzene rings is 2. The molecular weight excluding hydrogens is 310 g/mol. The van der Waals surface area contributed by atoms with Crippen molar-refractivity contribution in [2.45, 2.75) is 0 Å². The number of terminal acetylenes is 1. The van der Waals surface area contributed by atoms with E-state index in [0.29, 0.717) is 0 Å². The van der Waals surface area contributed by atoms with E-state index >= 15 is 0 Å². The molecule has 3 N–H and O–H groups in total. The Labute approximate surface area is 136 Å². The number of rotatable bonds is 2. The zero-order chi connectivity index (χ0) is 17.4. The van der Waals surface area contributed by atoms with Gasteiger partial charge in [0, 0.05) is 16.7 Å². The van der Waals surface area contributed by atoms with E-state index in [1.165, 1.54) is 24.3 Å². The summed E-state index contributed by atoms with van der Waals surface area (Å²) < 4.78 is 0. The molecular formula is C18H11NO5. The van der Waals surface area contributed by atoms with E-state index in [2.05, 4.69) is 11.2 Å². The zero-order valence-corrected chi connectivity index (χ0v) is 12.3. The monoisotopic (exact) mass is 321 g/mol. The second-order valence-electron chi connectivity index (χ2n) is 5.16. The number of carbonyl (C=O) groups is 3. The maximum atomic E-state index is 12.6. The first-order valence-electron chi connectivity index (χ1n) is 6.95. The first-order valence-corrected chi connectivity index (χ1v) is 6.95. The molecule has 0 fully saturated rings. The molecule has 0 radical (unpaired) electrons. The van der Waals surface area contributed by atoms with Gasteiger partial charge in [0.15, 0.2) is 5.78 Å². The number of hydrogen-bond acceptors (Lipinski definition) is 5. The lowest BCUT2D eigenvalue weighted by Gasteiger charge is -2.19. The quantitative estimate of drug-likeness (QED) is 0.616. The van der Waals surface area contributed by atoms with Crippen LogP contribution in [0.15, 0.2) is 30.3 Å². The third-order valence-corrected chi connectivity index (χ3v) is 3.72. The lowest BCUT2D eigenvalue weighted by atomic mass is 9.82. The minimum atomic E-state index is -0.675. The van der Waals surface area contributed by atoms with Crippen molar-refractivity contribution in [2.75, 3.05) is 6.54 Å². The molecule has 1 aliphatic rings. The van der Waals surface area contributed by atoms with Crippen molar-refractivity contribution < 1.29 is 24.6 Å². The minimum absolute atomic E-state index is 0.00579. The van der Waals surface area contributed by atoms with Crippen LogP contribution >= 0.6 is 0 Å². The number of hydrogen-bond donors (Lipinski definition) is 3. The van der Waals surface area contributed by atoms with Gasteiger partial charge < -0.3 is 15.5 Å². The first kappa shape index (κ1) is 15.3. The fourth-order valence-corrected chi connectivity index (χ4v) is 2.65. The Morgan fingerprint density at radius 1 is 1.04 bits per heavy atom. The summed E-state index contributed by atoms with van der Waals surface area (Å²) in [5.41, 5.74) is -0.458. The molecule has 0 aromatic heterocycles. The van der Waals surface area contributed by atoms with Crippen molar-refractivity contribution in [1.82, 2.24) is 5.32 Å². The lowest BCUT2D eigenvalue weighted by Crippen LogP contribution is -2.26. The summed E-state index contributed by atoms with van der Waals surface area (Å²) in [6.07, 6.45) is 5.07. The number of aromatic hydroxyl groups is 2. The minimum Gasteiger partial charge on any atom is -0.507 e. The summed E-state index contributed by atoms with van der Waals surface area (Å²) in [4.78, 5) is 37.1. The molecule has 118 valence electrons. The Hall–Kier alpha value is -3.59. The second-order valence-corrected chi connectivity index (χ2v) is 5.16. The molecule has 0 aliphatic heterocycles. The third kappa shape index (κ3) is 2.20. The van der Waals surface area contributed by atoms with Gasteiger partial charge in [0.1, 0.15) is 11.5 Å². The topological polar surface area (TPSA) is 104 Å². The first-order chi connectivity index (χ1) is 11.5. The third-order valence-electron chi connectivity index (χ3n) is 3.72. The van der Waals surface area contributed by atoms with Gasteiger partial charge in [-0.3, -0.25) is 14.4 Å². The Morgan fingerprint density at radius 3 is 2.46 bits per heavy atom. The van der Waals surface area contributed by atoms with Crippen LogP contribution in [0, 0.1) is 12.3 Å². The van der Waals surface area contributed by atoms with Gasteiger partial charge in [-0.25, -0.2) is 0 Å². The van der Waals surface area contributed by atoms with Crippen molar-refractivity contribution in [2.24, 2.45) is 0 Å². The molecule has 2 aromatic carbocycles. The van der Waals surface area contributed by atoms with E-state index < -0.39 is 23.2 Å². The second kappa shape index (κ2) is 5.56. The van der Waals surface area contributed by atoms with E-state index in [0.717, 1.165) is 6.07 Å². The van der Waals surface area contributed by atoms with Crippen molar-refractivity contribution in [3.05, 3.63) is 58.1 Å². The summed E-state index contributed by atoms with van der Waals surface area (Å²) in [5.74, 6) is -0.422. The number of amides is 1. The molecule has 2 aromatic rings. The van der Waals surface area contributed by atoms with Crippen molar-refractivity contribution in [3.8, 4) is 23.8 Å². The number of phenolic OH excluding ortho intramolecular Hbond substituents is 2. The normalized spacial score (nSPS) is 12.1. The van der Waals surface area contributed by atoms with Crippen LogP contribution in [0.4, 0.5) is 0 Å². The summed E-state index contributed by atoms with van der Waals surface area (Å²) in [6.45, 7) is -0.0136. The van der Waals surface area contributed by atoms with Crippen LogP contribution in [0.2, 0.25) is 0 Å².